The van der Waals surface area contributed by atoms with Crippen LogP contribution in [0.3, 0.4) is 0 Å². The van der Waals surface area contributed by atoms with Crippen LogP contribution >= 0.6 is 0 Å². The van der Waals surface area contributed by atoms with Crippen LogP contribution in [0.4, 0.5) is 25.8 Å². The van der Waals surface area contributed by atoms with Crippen LogP contribution in [-0.2, 0) is 0 Å². The molecule has 0 aromatic heterocycles. The van der Waals surface area contributed by atoms with Gasteiger partial charge in [-0.25, -0.2) is 8.78 Å². The first kappa shape index (κ1) is 14.1. The molecule has 18 heavy (non-hydrogen) atoms. The lowest BCUT2D eigenvalue weighted by Crippen LogP contribution is -2.31. The van der Waals surface area contributed by atoms with Crippen LogP contribution in [0, 0.1) is 10.1 Å². The number of nitro benzene ring substituents is 1. The summed E-state index contributed by atoms with van der Waals surface area (Å²) in [5.41, 5.74) is 5.50. The van der Waals surface area contributed by atoms with Crippen molar-refractivity contribution < 1.29 is 18.8 Å². The Labute approximate surface area is 102 Å². The molecule has 0 bridgehead atoms. The molecule has 0 amide bonds. The molecule has 0 fully saturated rings. The van der Waals surface area contributed by atoms with E-state index in [2.05, 4.69) is 0 Å². The number of aliphatic hydroxyl groups excluding tert-OH is 1. The summed E-state index contributed by atoms with van der Waals surface area (Å²) >= 11 is 0. The van der Waals surface area contributed by atoms with Crippen molar-refractivity contribution in [3.8, 4) is 0 Å². The Morgan fingerprint density at radius 2 is 2.11 bits per heavy atom. The molecule has 0 aliphatic heterocycles. The molecule has 0 atom stereocenters. The maximum atomic E-state index is 12.4. The lowest BCUT2D eigenvalue weighted by atomic mass is 10.2. The van der Waals surface area contributed by atoms with Gasteiger partial charge in [0.2, 0.25) is 0 Å². The number of nitro groups is 1. The third-order valence-electron chi connectivity index (χ3n) is 2.23. The molecule has 8 heteroatoms. The van der Waals surface area contributed by atoms with E-state index in [1.165, 1.54) is 6.07 Å². The van der Waals surface area contributed by atoms with Crippen LogP contribution < -0.4 is 10.6 Å². The monoisotopic (exact) mass is 261 g/mol. The van der Waals surface area contributed by atoms with E-state index < -0.39 is 17.9 Å². The maximum Gasteiger partial charge on any atom is 0.273 e. The third-order valence-corrected chi connectivity index (χ3v) is 2.23. The molecule has 0 heterocycles. The number of hydrogen-bond donors (Lipinski definition) is 2. The fraction of sp³-hybridized carbons (Fsp3) is 0.400. The summed E-state index contributed by atoms with van der Waals surface area (Å²) in [5, 5.41) is 19.4. The first-order valence-corrected chi connectivity index (χ1v) is 5.13. The number of benzene rings is 1. The van der Waals surface area contributed by atoms with E-state index >= 15 is 0 Å². The fourth-order valence-electron chi connectivity index (χ4n) is 1.52. The van der Waals surface area contributed by atoms with Gasteiger partial charge in [0.15, 0.2) is 0 Å². The molecule has 0 saturated carbocycles. The number of rotatable bonds is 6. The highest BCUT2D eigenvalue weighted by atomic mass is 19.3. The normalized spacial score (nSPS) is 10.7. The SMILES string of the molecule is Nc1cc(N(CCO)CC(F)F)cc([N+](=O)[O-])c1. The highest BCUT2D eigenvalue weighted by Crippen LogP contribution is 2.25. The van der Waals surface area contributed by atoms with Gasteiger partial charge in [-0.2, -0.15) is 0 Å². The predicted octanol–water partition coefficient (Wildman–Crippen LogP) is 1.24. The minimum absolute atomic E-state index is 0.0506. The highest BCUT2D eigenvalue weighted by Gasteiger charge is 2.16. The molecule has 1 rings (SSSR count). The number of nitrogen functional groups attached to an aromatic ring is 1. The van der Waals surface area contributed by atoms with Crippen LogP contribution in [-0.4, -0.2) is 36.2 Å². The maximum absolute atomic E-state index is 12.4. The molecule has 0 saturated heterocycles. The van der Waals surface area contributed by atoms with E-state index in [-0.39, 0.29) is 30.2 Å². The highest BCUT2D eigenvalue weighted by molar-refractivity contribution is 5.62. The summed E-state index contributed by atoms with van der Waals surface area (Å²) < 4.78 is 24.7. The van der Waals surface area contributed by atoms with Crippen molar-refractivity contribution in [2.24, 2.45) is 0 Å². The average Bonchev–Trinajstić information content (AvgIpc) is 2.27. The molecular formula is C10H13F2N3O3. The van der Waals surface area contributed by atoms with Crippen LogP contribution in [0.5, 0.6) is 0 Å². The van der Waals surface area contributed by atoms with E-state index in [4.69, 9.17) is 10.8 Å². The van der Waals surface area contributed by atoms with Crippen molar-refractivity contribution in [3.05, 3.63) is 28.3 Å². The summed E-state index contributed by atoms with van der Waals surface area (Å²) in [6.45, 7) is -1.01. The molecular weight excluding hydrogens is 248 g/mol. The number of aliphatic hydroxyl groups is 1. The number of hydrogen-bond acceptors (Lipinski definition) is 5. The van der Waals surface area contributed by atoms with Gasteiger partial charge < -0.3 is 15.7 Å². The molecule has 0 unspecified atom stereocenters. The molecule has 0 aliphatic rings. The Kier molecular flexibility index (Phi) is 4.78. The van der Waals surface area contributed by atoms with Gasteiger partial charge in [-0.15, -0.1) is 0 Å². The summed E-state index contributed by atoms with van der Waals surface area (Å²) in [6.07, 6.45) is -2.61. The predicted molar refractivity (Wildman–Crippen MR) is 62.8 cm³/mol. The molecule has 0 radical (unpaired) electrons. The number of nitrogens with two attached hydrogens (primary N) is 1. The Balaban J connectivity index is 3.06. The largest absolute Gasteiger partial charge is 0.398 e. The van der Waals surface area contributed by atoms with Crippen molar-refractivity contribution in [2.45, 2.75) is 6.43 Å². The molecule has 100 valence electrons. The Bertz CT molecular complexity index is 429. The van der Waals surface area contributed by atoms with Crippen molar-refractivity contribution in [1.29, 1.82) is 0 Å². The van der Waals surface area contributed by atoms with Crippen LogP contribution in [0.25, 0.3) is 0 Å². The van der Waals surface area contributed by atoms with Gasteiger partial charge in [0.25, 0.3) is 12.1 Å². The topological polar surface area (TPSA) is 92.6 Å². The minimum atomic E-state index is -2.61. The zero-order valence-corrected chi connectivity index (χ0v) is 9.42. The zero-order valence-electron chi connectivity index (χ0n) is 9.42. The lowest BCUT2D eigenvalue weighted by Gasteiger charge is -2.23. The number of halogens is 2. The van der Waals surface area contributed by atoms with Gasteiger partial charge in [-0.1, -0.05) is 0 Å². The molecule has 0 aliphatic carbocycles. The Morgan fingerprint density at radius 1 is 1.44 bits per heavy atom. The van der Waals surface area contributed by atoms with Crippen molar-refractivity contribution in [1.82, 2.24) is 0 Å². The molecule has 3 N–H and O–H groups in total. The summed E-state index contributed by atoms with van der Waals surface area (Å²) in [7, 11) is 0. The van der Waals surface area contributed by atoms with Crippen molar-refractivity contribution >= 4 is 17.1 Å². The van der Waals surface area contributed by atoms with Gasteiger partial charge >= 0.3 is 0 Å². The van der Waals surface area contributed by atoms with Crippen LogP contribution in [0.15, 0.2) is 18.2 Å². The summed E-state index contributed by atoms with van der Waals surface area (Å²) in [6, 6.07) is 3.64. The number of nitrogens with zero attached hydrogens (tertiary/aromatic N) is 2. The molecule has 1 aromatic carbocycles. The molecule has 0 spiro atoms. The number of alkyl halides is 2. The second-order valence-corrected chi connectivity index (χ2v) is 3.60. The summed E-state index contributed by atoms with van der Waals surface area (Å²) in [4.78, 5) is 11.1. The van der Waals surface area contributed by atoms with Gasteiger partial charge in [-0.3, -0.25) is 10.1 Å². The second-order valence-electron chi connectivity index (χ2n) is 3.60. The van der Waals surface area contributed by atoms with E-state index in [1.54, 1.807) is 0 Å². The average molecular weight is 261 g/mol. The fourth-order valence-corrected chi connectivity index (χ4v) is 1.52. The van der Waals surface area contributed by atoms with E-state index in [9.17, 15) is 18.9 Å². The van der Waals surface area contributed by atoms with Crippen LogP contribution in [0.2, 0.25) is 0 Å². The van der Waals surface area contributed by atoms with Gasteiger partial charge in [0, 0.05) is 30.1 Å². The van der Waals surface area contributed by atoms with E-state index in [0.29, 0.717) is 0 Å². The summed E-state index contributed by atoms with van der Waals surface area (Å²) in [5.74, 6) is 0. The smallest absolute Gasteiger partial charge is 0.273 e. The van der Waals surface area contributed by atoms with Crippen molar-refractivity contribution in [3.63, 3.8) is 0 Å². The van der Waals surface area contributed by atoms with Gasteiger partial charge in [-0.05, 0) is 6.07 Å². The Hall–Kier alpha value is -1.96. The second kappa shape index (κ2) is 6.10. The first-order chi connectivity index (χ1) is 8.43. The van der Waals surface area contributed by atoms with Gasteiger partial charge in [0.05, 0.1) is 18.1 Å². The van der Waals surface area contributed by atoms with Gasteiger partial charge in [0.1, 0.15) is 0 Å². The number of anilines is 2. The van der Waals surface area contributed by atoms with E-state index in [0.717, 1.165) is 17.0 Å². The van der Waals surface area contributed by atoms with Crippen LogP contribution in [0.1, 0.15) is 0 Å². The van der Waals surface area contributed by atoms with Crippen molar-refractivity contribution in [2.75, 3.05) is 30.3 Å². The molecule has 1 aromatic rings. The molecule has 6 nitrogen and oxygen atoms in total. The van der Waals surface area contributed by atoms with E-state index in [1.807, 2.05) is 0 Å². The lowest BCUT2D eigenvalue weighted by molar-refractivity contribution is -0.384. The number of non-ortho nitro benzene ring substituents is 1. The zero-order chi connectivity index (χ0) is 13.7. The first-order valence-electron chi connectivity index (χ1n) is 5.13. The third kappa shape index (κ3) is 3.81. The minimum Gasteiger partial charge on any atom is -0.398 e. The Morgan fingerprint density at radius 3 is 2.61 bits per heavy atom. The quantitative estimate of drug-likeness (QED) is 0.456. The standard InChI is InChI=1S/C10H13F2N3O3/c11-10(12)6-14(1-2-16)8-3-7(13)4-9(5-8)15(17)18/h3-5,10,16H,1-2,6,13H2.